The lowest BCUT2D eigenvalue weighted by molar-refractivity contribution is -0.113. The van der Waals surface area contributed by atoms with Crippen LogP contribution >= 0.6 is 0 Å². The fraction of sp³-hybridized carbons (Fsp3) is 0.273. The summed E-state index contributed by atoms with van der Waals surface area (Å²) >= 11 is 0. The number of aromatic amines is 1. The summed E-state index contributed by atoms with van der Waals surface area (Å²) in [6.07, 6.45) is 5.37. The summed E-state index contributed by atoms with van der Waals surface area (Å²) < 4.78 is 5.53. The predicted octanol–water partition coefficient (Wildman–Crippen LogP) is 2.56. The number of aromatic nitrogens is 4. The molecule has 4 heterocycles. The molecular formula is C22H25N7O2. The molecule has 3 aromatic rings. The van der Waals surface area contributed by atoms with Crippen LogP contribution in [0.15, 0.2) is 24.5 Å². The van der Waals surface area contributed by atoms with E-state index in [1.165, 1.54) is 0 Å². The summed E-state index contributed by atoms with van der Waals surface area (Å²) in [5.74, 6) is 1.73. The third-order valence-electron chi connectivity index (χ3n) is 5.29. The van der Waals surface area contributed by atoms with Crippen LogP contribution in [0.5, 0.6) is 5.75 Å². The van der Waals surface area contributed by atoms with E-state index in [0.29, 0.717) is 22.8 Å². The van der Waals surface area contributed by atoms with Gasteiger partial charge in [0.25, 0.3) is 5.91 Å². The molecule has 4 rings (SSSR count). The number of hydrogen-bond acceptors (Lipinski definition) is 7. The Balaban J connectivity index is 1.88. The highest BCUT2D eigenvalue weighted by Crippen LogP contribution is 2.42. The minimum atomic E-state index is -0.187. The number of ether oxygens (including phenoxy) is 1. The predicted molar refractivity (Wildman–Crippen MR) is 121 cm³/mol. The van der Waals surface area contributed by atoms with Crippen LogP contribution in [0.4, 0.5) is 17.6 Å². The van der Waals surface area contributed by atoms with Gasteiger partial charge in [-0.05, 0) is 32.1 Å². The molecule has 1 aliphatic heterocycles. The zero-order valence-electron chi connectivity index (χ0n) is 18.2. The average molecular weight is 419 g/mol. The van der Waals surface area contributed by atoms with Gasteiger partial charge in [-0.2, -0.15) is 9.97 Å². The molecule has 0 fully saturated rings. The molecule has 0 radical (unpaired) electrons. The molecule has 1 amide bonds. The average Bonchev–Trinajstić information content (AvgIpc) is 3.32. The lowest BCUT2D eigenvalue weighted by Gasteiger charge is -2.20. The van der Waals surface area contributed by atoms with E-state index < -0.39 is 0 Å². The van der Waals surface area contributed by atoms with Gasteiger partial charge in [0.1, 0.15) is 11.6 Å². The number of aryl methyl sites for hydroxylation is 1. The number of fused-ring (bicyclic) bond motifs is 1. The smallest absolute Gasteiger partial charge is 0.260 e. The van der Waals surface area contributed by atoms with Crippen molar-refractivity contribution in [1.82, 2.24) is 19.9 Å². The monoisotopic (exact) mass is 419 g/mol. The van der Waals surface area contributed by atoms with Crippen LogP contribution in [0.1, 0.15) is 28.1 Å². The second-order valence-corrected chi connectivity index (χ2v) is 7.62. The van der Waals surface area contributed by atoms with Gasteiger partial charge >= 0.3 is 0 Å². The lowest BCUT2D eigenvalue weighted by atomic mass is 10.1. The molecule has 0 spiro atoms. The number of amides is 1. The zero-order valence-corrected chi connectivity index (χ0v) is 18.2. The van der Waals surface area contributed by atoms with Crippen LogP contribution < -0.4 is 20.3 Å². The van der Waals surface area contributed by atoms with E-state index in [9.17, 15) is 4.79 Å². The van der Waals surface area contributed by atoms with Gasteiger partial charge in [0.15, 0.2) is 5.82 Å². The molecule has 0 bridgehead atoms. The molecule has 3 aromatic heterocycles. The molecule has 9 heteroatoms. The van der Waals surface area contributed by atoms with Gasteiger partial charge in [0.2, 0.25) is 5.95 Å². The van der Waals surface area contributed by atoms with Gasteiger partial charge in [-0.15, -0.1) is 0 Å². The maximum absolute atomic E-state index is 13.6. The van der Waals surface area contributed by atoms with E-state index >= 15 is 0 Å². The second-order valence-electron chi connectivity index (χ2n) is 7.62. The van der Waals surface area contributed by atoms with Crippen molar-refractivity contribution in [2.75, 3.05) is 36.7 Å². The highest BCUT2D eigenvalue weighted by molar-refractivity contribution is 6.36. The van der Waals surface area contributed by atoms with Gasteiger partial charge in [0.05, 0.1) is 30.5 Å². The number of carbonyl (C=O) groups excluding carboxylic acids is 1. The minimum absolute atomic E-state index is 0.104. The number of nitrogens with zero attached hydrogens (tertiary/aromatic N) is 5. The number of nitrogen functional groups attached to an aromatic ring is 1. The van der Waals surface area contributed by atoms with Gasteiger partial charge in [-0.1, -0.05) is 0 Å². The Bertz CT molecular complexity index is 1180. The number of carbonyl (C=O) groups is 1. The van der Waals surface area contributed by atoms with E-state index in [2.05, 4.69) is 19.9 Å². The topological polar surface area (TPSA) is 113 Å². The Kier molecular flexibility index (Phi) is 5.10. The minimum Gasteiger partial charge on any atom is -0.496 e. The standard InChI is InChI=1S/C22H25N7O2/c1-12-10-25-16(13(2)18(12)31-5)11-29-20-17(19(28(3)4)26-22(23)27-20)15(21(29)30)9-14-7-6-8-24-14/h6-10,24H,11H2,1-5H3,(H2,23,26,27). The van der Waals surface area contributed by atoms with Crippen molar-refractivity contribution in [2.24, 2.45) is 0 Å². The second kappa shape index (κ2) is 7.75. The van der Waals surface area contributed by atoms with Gasteiger partial charge in [-0.25, -0.2) is 0 Å². The van der Waals surface area contributed by atoms with Crippen LogP contribution in [0.3, 0.4) is 0 Å². The number of H-pyrrole nitrogens is 1. The van der Waals surface area contributed by atoms with Gasteiger partial charge < -0.3 is 20.4 Å². The fourth-order valence-electron chi connectivity index (χ4n) is 3.81. The SMILES string of the molecule is COc1c(C)cnc(CN2C(=O)C(=Cc3ccc[nH]3)c3c(N(C)C)nc(N)nc32)c1C. The fourth-order valence-corrected chi connectivity index (χ4v) is 3.81. The summed E-state index contributed by atoms with van der Waals surface area (Å²) in [7, 11) is 5.35. The normalized spacial score (nSPS) is 14.3. The van der Waals surface area contributed by atoms with Crippen molar-refractivity contribution in [3.63, 3.8) is 0 Å². The largest absolute Gasteiger partial charge is 0.496 e. The molecule has 0 aromatic carbocycles. The van der Waals surface area contributed by atoms with E-state index in [1.807, 2.05) is 57.2 Å². The summed E-state index contributed by atoms with van der Waals surface area (Å²) in [5, 5.41) is 0. The molecule has 31 heavy (non-hydrogen) atoms. The Hall–Kier alpha value is -3.88. The first-order valence-electron chi connectivity index (χ1n) is 9.83. The van der Waals surface area contributed by atoms with Crippen LogP contribution in [0, 0.1) is 13.8 Å². The number of rotatable bonds is 5. The van der Waals surface area contributed by atoms with Crippen molar-refractivity contribution < 1.29 is 9.53 Å². The number of nitrogens with two attached hydrogens (primary N) is 1. The number of hydrogen-bond donors (Lipinski definition) is 2. The van der Waals surface area contributed by atoms with E-state index in [-0.39, 0.29) is 18.4 Å². The molecule has 0 saturated heterocycles. The highest BCUT2D eigenvalue weighted by atomic mass is 16.5. The van der Waals surface area contributed by atoms with Crippen molar-refractivity contribution in [3.8, 4) is 5.75 Å². The van der Waals surface area contributed by atoms with Crippen LogP contribution in [0.2, 0.25) is 0 Å². The molecule has 0 unspecified atom stereocenters. The summed E-state index contributed by atoms with van der Waals surface area (Å²) in [4.78, 5) is 33.5. The highest BCUT2D eigenvalue weighted by Gasteiger charge is 2.38. The molecule has 1 aliphatic rings. The first-order valence-corrected chi connectivity index (χ1v) is 9.83. The summed E-state index contributed by atoms with van der Waals surface area (Å²) in [5.41, 5.74) is 10.5. The first-order chi connectivity index (χ1) is 14.8. The van der Waals surface area contributed by atoms with E-state index in [4.69, 9.17) is 10.5 Å². The Morgan fingerprint density at radius 3 is 2.71 bits per heavy atom. The van der Waals surface area contributed by atoms with Crippen LogP contribution in [-0.4, -0.2) is 47.0 Å². The number of methoxy groups -OCH3 is 1. The number of anilines is 3. The van der Waals surface area contributed by atoms with Gasteiger partial charge in [-0.3, -0.25) is 14.7 Å². The number of nitrogens with one attached hydrogen (secondary N) is 1. The maximum Gasteiger partial charge on any atom is 0.260 e. The summed E-state index contributed by atoms with van der Waals surface area (Å²) in [6.45, 7) is 4.11. The third-order valence-corrected chi connectivity index (χ3v) is 5.29. The van der Waals surface area contributed by atoms with Crippen molar-refractivity contribution >= 4 is 35.1 Å². The number of pyridine rings is 1. The molecular weight excluding hydrogens is 394 g/mol. The molecule has 0 saturated carbocycles. The lowest BCUT2D eigenvalue weighted by Crippen LogP contribution is -2.27. The summed E-state index contributed by atoms with van der Waals surface area (Å²) in [6, 6.07) is 3.77. The Morgan fingerprint density at radius 2 is 2.06 bits per heavy atom. The van der Waals surface area contributed by atoms with E-state index in [0.717, 1.165) is 28.3 Å². The molecule has 9 nitrogen and oxygen atoms in total. The quantitative estimate of drug-likeness (QED) is 0.611. The molecule has 160 valence electrons. The van der Waals surface area contributed by atoms with Crippen molar-refractivity contribution in [2.45, 2.75) is 20.4 Å². The third kappa shape index (κ3) is 3.48. The molecule has 3 N–H and O–H groups in total. The van der Waals surface area contributed by atoms with Crippen LogP contribution in [-0.2, 0) is 11.3 Å². The van der Waals surface area contributed by atoms with Crippen molar-refractivity contribution in [3.05, 3.63) is 52.6 Å². The molecule has 0 aliphatic carbocycles. The van der Waals surface area contributed by atoms with Crippen LogP contribution in [0.25, 0.3) is 11.6 Å². The Morgan fingerprint density at radius 1 is 1.29 bits per heavy atom. The zero-order chi connectivity index (χ0) is 22.3. The Labute approximate surface area is 180 Å². The molecule has 0 atom stereocenters. The van der Waals surface area contributed by atoms with Gasteiger partial charge in [0, 0.05) is 43.3 Å². The van der Waals surface area contributed by atoms with E-state index in [1.54, 1.807) is 18.2 Å². The maximum atomic E-state index is 13.6. The first kappa shape index (κ1) is 20.4. The van der Waals surface area contributed by atoms with Crippen molar-refractivity contribution in [1.29, 1.82) is 0 Å².